The highest BCUT2D eigenvalue weighted by Crippen LogP contribution is 2.32. The molecular formula is C24H27N5O4. The zero-order valence-electron chi connectivity index (χ0n) is 18.5. The van der Waals surface area contributed by atoms with Crippen LogP contribution < -0.4 is 15.0 Å². The van der Waals surface area contributed by atoms with E-state index in [9.17, 15) is 9.59 Å². The van der Waals surface area contributed by atoms with E-state index in [0.717, 1.165) is 30.4 Å². The molecule has 1 aliphatic rings. The number of anilines is 1. The minimum Gasteiger partial charge on any atom is -0.489 e. The van der Waals surface area contributed by atoms with Crippen molar-refractivity contribution < 1.29 is 19.4 Å². The van der Waals surface area contributed by atoms with Gasteiger partial charge in [-0.1, -0.05) is 36.4 Å². The highest BCUT2D eigenvalue weighted by Gasteiger charge is 2.31. The number of carbonyl (C=O) groups excluding carboxylic acids is 2. The van der Waals surface area contributed by atoms with Crippen LogP contribution in [-0.2, 0) is 17.6 Å². The highest BCUT2D eigenvalue weighted by molar-refractivity contribution is 6.02. The van der Waals surface area contributed by atoms with Gasteiger partial charge in [-0.05, 0) is 42.5 Å². The van der Waals surface area contributed by atoms with E-state index in [1.807, 2.05) is 48.5 Å². The zero-order chi connectivity index (χ0) is 23.2. The van der Waals surface area contributed by atoms with Crippen molar-refractivity contribution in [1.29, 1.82) is 0 Å². The molecule has 3 N–H and O–H groups in total. The fourth-order valence-corrected chi connectivity index (χ4v) is 3.73. The summed E-state index contributed by atoms with van der Waals surface area (Å²) in [6.07, 6.45) is 2.90. The number of fused-ring (bicyclic) bond motifs is 1. The Morgan fingerprint density at radius 3 is 2.82 bits per heavy atom. The van der Waals surface area contributed by atoms with Crippen LogP contribution >= 0.6 is 0 Å². The van der Waals surface area contributed by atoms with E-state index in [1.54, 1.807) is 7.05 Å². The van der Waals surface area contributed by atoms with Gasteiger partial charge >= 0.3 is 0 Å². The quantitative estimate of drug-likeness (QED) is 0.452. The molecule has 0 saturated carbocycles. The van der Waals surface area contributed by atoms with E-state index in [4.69, 9.17) is 9.84 Å². The summed E-state index contributed by atoms with van der Waals surface area (Å²) in [5.74, 6) is 0.292. The van der Waals surface area contributed by atoms with Crippen molar-refractivity contribution in [3.8, 4) is 5.75 Å². The average molecular weight is 450 g/mol. The normalized spacial score (nSPS) is 15.5. The van der Waals surface area contributed by atoms with Crippen LogP contribution in [0.1, 0.15) is 40.4 Å². The summed E-state index contributed by atoms with van der Waals surface area (Å²) >= 11 is 0. The maximum Gasteiger partial charge on any atom is 0.291 e. The van der Waals surface area contributed by atoms with Crippen molar-refractivity contribution in [2.24, 2.45) is 0 Å². The lowest BCUT2D eigenvalue weighted by Gasteiger charge is -2.20. The Morgan fingerprint density at radius 1 is 1.21 bits per heavy atom. The number of aliphatic hydroxyl groups excluding tert-OH is 1. The van der Waals surface area contributed by atoms with Crippen molar-refractivity contribution in [1.82, 2.24) is 20.5 Å². The van der Waals surface area contributed by atoms with Crippen LogP contribution in [-0.4, -0.2) is 58.4 Å². The first-order chi connectivity index (χ1) is 16.0. The number of aromatic nitrogens is 3. The molecule has 1 aliphatic heterocycles. The number of aromatic amines is 1. The number of aryl methyl sites for hydroxylation is 1. The molecule has 172 valence electrons. The molecule has 9 nitrogen and oxygen atoms in total. The Kier molecular flexibility index (Phi) is 6.99. The summed E-state index contributed by atoms with van der Waals surface area (Å²) in [6.45, 7) is 0.166. The maximum absolute atomic E-state index is 13.0. The first kappa shape index (κ1) is 22.5. The van der Waals surface area contributed by atoms with Gasteiger partial charge in [0.25, 0.3) is 11.8 Å². The molecule has 4 rings (SSSR count). The summed E-state index contributed by atoms with van der Waals surface area (Å²) in [6, 6.07) is 14.6. The van der Waals surface area contributed by atoms with Crippen LogP contribution in [0.5, 0.6) is 5.75 Å². The Hall–Kier alpha value is -3.72. The minimum absolute atomic E-state index is 0.00701. The van der Waals surface area contributed by atoms with Gasteiger partial charge in [-0.3, -0.25) is 14.7 Å². The van der Waals surface area contributed by atoms with E-state index in [2.05, 4.69) is 20.5 Å². The molecule has 2 amide bonds. The van der Waals surface area contributed by atoms with Gasteiger partial charge in [0, 0.05) is 20.1 Å². The molecule has 1 aromatic heterocycles. The van der Waals surface area contributed by atoms with E-state index in [1.165, 1.54) is 4.90 Å². The number of nitrogens with one attached hydrogen (secondary N) is 2. The number of unbranched alkanes of at least 4 members (excludes halogenated alkanes) is 1. The van der Waals surface area contributed by atoms with Crippen molar-refractivity contribution in [3.63, 3.8) is 0 Å². The molecule has 0 spiro atoms. The number of aliphatic hydroxyl groups is 1. The van der Waals surface area contributed by atoms with Crippen LogP contribution in [0.25, 0.3) is 0 Å². The first-order valence-electron chi connectivity index (χ1n) is 11.0. The summed E-state index contributed by atoms with van der Waals surface area (Å²) in [5.41, 5.74) is 2.75. The highest BCUT2D eigenvalue weighted by atomic mass is 16.5. The summed E-state index contributed by atoms with van der Waals surface area (Å²) in [5, 5.41) is 18.5. The SMILES string of the molecule is CN1C(=O)[C@H](NC(=O)c2n[nH]c(Cc3ccccc3)n2)COc2ccc(CCCCO)cc21. The van der Waals surface area contributed by atoms with Crippen molar-refractivity contribution in [2.45, 2.75) is 31.7 Å². The first-order valence-corrected chi connectivity index (χ1v) is 11.0. The van der Waals surface area contributed by atoms with Crippen molar-refractivity contribution in [3.05, 3.63) is 71.3 Å². The average Bonchev–Trinajstić information content (AvgIpc) is 3.26. The molecule has 0 radical (unpaired) electrons. The van der Waals surface area contributed by atoms with E-state index < -0.39 is 11.9 Å². The third kappa shape index (κ3) is 5.38. The molecule has 0 saturated heterocycles. The number of hydrogen-bond donors (Lipinski definition) is 3. The monoisotopic (exact) mass is 449 g/mol. The van der Waals surface area contributed by atoms with Crippen molar-refractivity contribution in [2.75, 3.05) is 25.2 Å². The summed E-state index contributed by atoms with van der Waals surface area (Å²) < 4.78 is 5.84. The number of ether oxygens (including phenoxy) is 1. The lowest BCUT2D eigenvalue weighted by molar-refractivity contribution is -0.120. The number of hydrogen-bond acceptors (Lipinski definition) is 6. The molecular weight excluding hydrogens is 422 g/mol. The smallest absolute Gasteiger partial charge is 0.291 e. The van der Waals surface area contributed by atoms with Gasteiger partial charge in [-0.25, -0.2) is 4.98 Å². The molecule has 9 heteroatoms. The molecule has 0 bridgehead atoms. The zero-order valence-corrected chi connectivity index (χ0v) is 18.5. The van der Waals surface area contributed by atoms with Gasteiger partial charge in [-0.2, -0.15) is 0 Å². The Morgan fingerprint density at radius 2 is 2.03 bits per heavy atom. The number of nitrogens with zero attached hydrogens (tertiary/aromatic N) is 3. The van der Waals surface area contributed by atoms with Crippen molar-refractivity contribution >= 4 is 17.5 Å². The van der Waals surface area contributed by atoms with Gasteiger partial charge in [0.15, 0.2) is 0 Å². The molecule has 2 heterocycles. The summed E-state index contributed by atoms with van der Waals surface area (Å²) in [4.78, 5) is 31.5. The molecule has 3 aromatic rings. The second-order valence-electron chi connectivity index (χ2n) is 7.99. The van der Waals surface area contributed by atoms with E-state index in [-0.39, 0.29) is 24.9 Å². The van der Waals surface area contributed by atoms with Gasteiger partial charge in [0.2, 0.25) is 5.82 Å². The number of amides is 2. The second kappa shape index (κ2) is 10.3. The van der Waals surface area contributed by atoms with Gasteiger partial charge < -0.3 is 20.1 Å². The third-order valence-electron chi connectivity index (χ3n) is 5.55. The van der Waals surface area contributed by atoms with Crippen LogP contribution in [0, 0.1) is 0 Å². The fourth-order valence-electron chi connectivity index (χ4n) is 3.73. The van der Waals surface area contributed by atoms with Crippen LogP contribution in [0.2, 0.25) is 0 Å². The Balaban J connectivity index is 1.41. The third-order valence-corrected chi connectivity index (χ3v) is 5.55. The minimum atomic E-state index is -0.871. The fraction of sp³-hybridized carbons (Fsp3) is 0.333. The van der Waals surface area contributed by atoms with Crippen LogP contribution in [0.15, 0.2) is 48.5 Å². The largest absolute Gasteiger partial charge is 0.489 e. The molecule has 0 aliphatic carbocycles. The Bertz CT molecular complexity index is 1120. The predicted octanol–water partition coefficient (Wildman–Crippen LogP) is 1.86. The van der Waals surface area contributed by atoms with E-state index >= 15 is 0 Å². The van der Waals surface area contributed by atoms with Gasteiger partial charge in [-0.15, -0.1) is 5.10 Å². The molecule has 0 fully saturated rings. The second-order valence-corrected chi connectivity index (χ2v) is 7.99. The number of likely N-dealkylation sites (N-methyl/N-ethyl adjacent to an activating group) is 1. The lowest BCUT2D eigenvalue weighted by Crippen LogP contribution is -2.49. The maximum atomic E-state index is 13.0. The standard InChI is InChI=1S/C24H27N5O4/c1-29-19-13-17(9-5-6-12-30)10-11-20(19)33-15-18(24(29)32)25-23(31)22-26-21(27-28-22)14-16-7-3-2-4-8-16/h2-4,7-8,10-11,13,18,30H,5-6,9,12,14-15H2,1H3,(H,25,31)(H,26,27,28)/t18-/m1/s1. The number of benzene rings is 2. The topological polar surface area (TPSA) is 120 Å². The Labute approximate surface area is 191 Å². The predicted molar refractivity (Wildman–Crippen MR) is 122 cm³/mol. The molecule has 33 heavy (non-hydrogen) atoms. The summed E-state index contributed by atoms with van der Waals surface area (Å²) in [7, 11) is 1.66. The van der Waals surface area contributed by atoms with Crippen LogP contribution in [0.4, 0.5) is 5.69 Å². The number of rotatable bonds is 8. The van der Waals surface area contributed by atoms with Crippen LogP contribution in [0.3, 0.4) is 0 Å². The molecule has 0 unspecified atom stereocenters. The van der Waals surface area contributed by atoms with Gasteiger partial charge in [0.05, 0.1) is 5.69 Å². The number of carbonyl (C=O) groups is 2. The molecule has 2 aromatic carbocycles. The lowest BCUT2D eigenvalue weighted by atomic mass is 10.1. The molecule has 1 atom stereocenters. The van der Waals surface area contributed by atoms with E-state index in [0.29, 0.717) is 23.7 Å². The number of H-pyrrole nitrogens is 1. The van der Waals surface area contributed by atoms with Gasteiger partial charge in [0.1, 0.15) is 24.2 Å².